The molecule has 0 aliphatic heterocycles. The van der Waals surface area contributed by atoms with Crippen molar-refractivity contribution in [1.82, 2.24) is 0 Å². The third kappa shape index (κ3) is 5.09. The van der Waals surface area contributed by atoms with Gasteiger partial charge < -0.3 is 14.2 Å². The number of benzene rings is 2. The minimum Gasteiger partial charge on any atom is -0.493 e. The van der Waals surface area contributed by atoms with E-state index in [2.05, 4.69) is 4.74 Å². The summed E-state index contributed by atoms with van der Waals surface area (Å²) in [6.45, 7) is -1.13. The van der Waals surface area contributed by atoms with Crippen LogP contribution in [-0.2, 0) is 6.61 Å². The molecule has 0 N–H and O–H groups in total. The highest BCUT2D eigenvalue weighted by Gasteiger charge is 2.28. The summed E-state index contributed by atoms with van der Waals surface area (Å²) in [4.78, 5) is 0. The third-order valence-corrected chi connectivity index (χ3v) is 3.01. The Kier molecular flexibility index (Phi) is 5.53. The molecule has 0 amide bonds. The molecule has 2 aromatic carbocycles. The van der Waals surface area contributed by atoms with Gasteiger partial charge in [-0.25, -0.2) is 0 Å². The van der Waals surface area contributed by atoms with E-state index in [4.69, 9.17) is 14.7 Å². The molecule has 0 aliphatic carbocycles. The van der Waals surface area contributed by atoms with Crippen LogP contribution in [-0.4, -0.2) is 19.9 Å². The van der Waals surface area contributed by atoms with Crippen LogP contribution in [0, 0.1) is 11.3 Å². The maximum atomic E-state index is 12.1. The van der Waals surface area contributed by atoms with Gasteiger partial charge in [-0.2, -0.15) is 18.4 Å². The lowest BCUT2D eigenvalue weighted by Gasteiger charge is -2.12. The second kappa shape index (κ2) is 7.59. The predicted octanol–water partition coefficient (Wildman–Crippen LogP) is 4.09. The molecule has 2 rings (SSSR count). The first-order valence-electron chi connectivity index (χ1n) is 6.91. The molecule has 0 aromatic heterocycles. The number of alkyl halides is 3. The lowest BCUT2D eigenvalue weighted by atomic mass is 10.2. The predicted molar refractivity (Wildman–Crippen MR) is 80.0 cm³/mol. The van der Waals surface area contributed by atoms with Gasteiger partial charge in [0, 0.05) is 6.07 Å². The summed E-state index contributed by atoms with van der Waals surface area (Å²) >= 11 is 0. The van der Waals surface area contributed by atoms with Crippen molar-refractivity contribution in [1.29, 1.82) is 5.26 Å². The number of nitriles is 1. The summed E-state index contributed by atoms with van der Waals surface area (Å²) in [5, 5.41) is 8.85. The zero-order valence-electron chi connectivity index (χ0n) is 12.8. The number of methoxy groups -OCH3 is 1. The number of hydrogen-bond donors (Lipinski definition) is 0. The van der Waals surface area contributed by atoms with Crippen molar-refractivity contribution < 1.29 is 27.4 Å². The van der Waals surface area contributed by atoms with E-state index in [-0.39, 0.29) is 12.4 Å². The standard InChI is InChI=1S/C17H14F3NO3/c1-22-16-8-13(9-21)4-7-15(16)23-10-12-2-5-14(6-3-12)24-11-17(18,19)20/h2-8H,10-11H2,1H3. The van der Waals surface area contributed by atoms with Crippen molar-refractivity contribution in [2.45, 2.75) is 12.8 Å². The number of nitrogens with zero attached hydrogens (tertiary/aromatic N) is 1. The van der Waals surface area contributed by atoms with Crippen LogP contribution >= 0.6 is 0 Å². The zero-order valence-corrected chi connectivity index (χ0v) is 12.8. The molecular weight excluding hydrogens is 323 g/mol. The molecule has 0 heterocycles. The monoisotopic (exact) mass is 337 g/mol. The van der Waals surface area contributed by atoms with Gasteiger partial charge in [-0.05, 0) is 29.8 Å². The quantitative estimate of drug-likeness (QED) is 0.797. The molecule has 24 heavy (non-hydrogen) atoms. The summed E-state index contributed by atoms with van der Waals surface area (Å²) < 4.78 is 51.6. The highest BCUT2D eigenvalue weighted by molar-refractivity contribution is 5.46. The van der Waals surface area contributed by atoms with E-state index in [0.717, 1.165) is 5.56 Å². The Morgan fingerprint density at radius 3 is 2.29 bits per heavy atom. The Labute approximate surface area is 137 Å². The smallest absolute Gasteiger partial charge is 0.422 e. The Bertz CT molecular complexity index is 721. The van der Waals surface area contributed by atoms with Crippen molar-refractivity contribution in [2.75, 3.05) is 13.7 Å². The first kappa shape index (κ1) is 17.5. The van der Waals surface area contributed by atoms with E-state index in [9.17, 15) is 13.2 Å². The summed E-state index contributed by atoms with van der Waals surface area (Å²) in [6.07, 6.45) is -4.37. The molecule has 2 aromatic rings. The van der Waals surface area contributed by atoms with Gasteiger partial charge in [0.2, 0.25) is 0 Å². The lowest BCUT2D eigenvalue weighted by Crippen LogP contribution is -2.19. The summed E-state index contributed by atoms with van der Waals surface area (Å²) in [7, 11) is 1.47. The van der Waals surface area contributed by atoms with Crippen molar-refractivity contribution >= 4 is 0 Å². The van der Waals surface area contributed by atoms with Gasteiger partial charge in [-0.1, -0.05) is 12.1 Å². The maximum absolute atomic E-state index is 12.1. The van der Waals surface area contributed by atoms with Gasteiger partial charge in [0.1, 0.15) is 12.4 Å². The van der Waals surface area contributed by atoms with Crippen LogP contribution in [0.25, 0.3) is 0 Å². The summed E-state index contributed by atoms with van der Waals surface area (Å²) in [5.74, 6) is 1.03. The fourth-order valence-electron chi connectivity index (χ4n) is 1.86. The van der Waals surface area contributed by atoms with E-state index in [0.29, 0.717) is 17.1 Å². The number of rotatable bonds is 6. The van der Waals surface area contributed by atoms with E-state index in [1.165, 1.54) is 19.2 Å². The molecule has 0 atom stereocenters. The van der Waals surface area contributed by atoms with Gasteiger partial charge in [0.15, 0.2) is 18.1 Å². The van der Waals surface area contributed by atoms with Crippen molar-refractivity contribution in [3.63, 3.8) is 0 Å². The largest absolute Gasteiger partial charge is 0.493 e. The first-order valence-corrected chi connectivity index (χ1v) is 6.91. The lowest BCUT2D eigenvalue weighted by molar-refractivity contribution is -0.153. The van der Waals surface area contributed by atoms with Gasteiger partial charge >= 0.3 is 6.18 Å². The Morgan fingerprint density at radius 1 is 1.00 bits per heavy atom. The number of halogens is 3. The second-order valence-corrected chi connectivity index (χ2v) is 4.81. The molecular formula is C17H14F3NO3. The molecule has 7 heteroatoms. The molecule has 0 saturated heterocycles. The Hall–Kier alpha value is -2.88. The second-order valence-electron chi connectivity index (χ2n) is 4.81. The van der Waals surface area contributed by atoms with Crippen molar-refractivity contribution in [3.8, 4) is 23.3 Å². The molecule has 0 aliphatic rings. The molecule has 0 unspecified atom stereocenters. The van der Waals surface area contributed by atoms with Crippen LogP contribution in [0.3, 0.4) is 0 Å². The average molecular weight is 337 g/mol. The van der Waals surface area contributed by atoms with Crippen LogP contribution in [0.1, 0.15) is 11.1 Å². The zero-order chi connectivity index (χ0) is 17.6. The van der Waals surface area contributed by atoms with Crippen LogP contribution in [0.4, 0.5) is 13.2 Å². The molecule has 0 radical (unpaired) electrons. The fraction of sp³-hybridized carbons (Fsp3) is 0.235. The molecule has 0 fully saturated rings. The van der Waals surface area contributed by atoms with Gasteiger partial charge in [0.05, 0.1) is 18.7 Å². The third-order valence-electron chi connectivity index (χ3n) is 3.01. The Balaban J connectivity index is 1.96. The van der Waals surface area contributed by atoms with Gasteiger partial charge in [-0.15, -0.1) is 0 Å². The van der Waals surface area contributed by atoms with Gasteiger partial charge in [0.25, 0.3) is 0 Å². The first-order chi connectivity index (χ1) is 11.4. The summed E-state index contributed by atoms with van der Waals surface area (Å²) in [6, 6.07) is 12.9. The van der Waals surface area contributed by atoms with Crippen LogP contribution in [0.5, 0.6) is 17.2 Å². The normalized spacial score (nSPS) is 10.8. The Morgan fingerprint density at radius 2 is 1.71 bits per heavy atom. The van der Waals surface area contributed by atoms with Gasteiger partial charge in [-0.3, -0.25) is 0 Å². The topological polar surface area (TPSA) is 51.5 Å². The number of ether oxygens (including phenoxy) is 3. The van der Waals surface area contributed by atoms with E-state index in [1.807, 2.05) is 6.07 Å². The van der Waals surface area contributed by atoms with Crippen LogP contribution < -0.4 is 14.2 Å². The van der Waals surface area contributed by atoms with Crippen molar-refractivity contribution in [2.24, 2.45) is 0 Å². The highest BCUT2D eigenvalue weighted by Crippen LogP contribution is 2.28. The minimum atomic E-state index is -4.37. The van der Waals surface area contributed by atoms with Crippen molar-refractivity contribution in [3.05, 3.63) is 53.6 Å². The minimum absolute atomic E-state index is 0.132. The molecule has 126 valence electrons. The maximum Gasteiger partial charge on any atom is 0.422 e. The molecule has 0 saturated carbocycles. The van der Waals surface area contributed by atoms with E-state index >= 15 is 0 Å². The molecule has 0 bridgehead atoms. The molecule has 0 spiro atoms. The SMILES string of the molecule is COc1cc(C#N)ccc1OCc1ccc(OCC(F)(F)F)cc1. The average Bonchev–Trinajstić information content (AvgIpc) is 2.58. The fourth-order valence-corrected chi connectivity index (χ4v) is 1.86. The van der Waals surface area contributed by atoms with E-state index < -0.39 is 12.8 Å². The highest BCUT2D eigenvalue weighted by atomic mass is 19.4. The molecule has 4 nitrogen and oxygen atoms in total. The van der Waals surface area contributed by atoms with E-state index in [1.54, 1.807) is 30.3 Å². The summed E-state index contributed by atoms with van der Waals surface area (Å²) in [5.41, 5.74) is 1.20. The van der Waals surface area contributed by atoms with Crippen LogP contribution in [0.15, 0.2) is 42.5 Å². The number of hydrogen-bond acceptors (Lipinski definition) is 4. The van der Waals surface area contributed by atoms with Crippen LogP contribution in [0.2, 0.25) is 0 Å².